The number of hydrogen-bond donors (Lipinski definition) is 6. The smallest absolute Gasteiger partial charge is 0.329 e. The van der Waals surface area contributed by atoms with E-state index >= 15 is 0 Å². The first-order chi connectivity index (χ1) is 36.8. The van der Waals surface area contributed by atoms with Gasteiger partial charge in [0.25, 0.3) is 20.2 Å². The minimum absolute atomic E-state index is 0.0328. The van der Waals surface area contributed by atoms with Gasteiger partial charge in [0.2, 0.25) is 20.0 Å². The monoisotopic (exact) mass is 1210 g/mol. The number of rotatable bonds is 39. The van der Waals surface area contributed by atoms with Crippen molar-refractivity contribution in [3.63, 3.8) is 0 Å². The molecule has 0 amide bonds. The number of aliphatic carboxylic acids is 1. The number of aliphatic hydroxyl groups is 2. The molecule has 2 atom stereocenters. The Kier molecular flexibility index (Phi) is 26.2. The van der Waals surface area contributed by atoms with Gasteiger partial charge in [-0.05, 0) is 32.8 Å². The van der Waals surface area contributed by atoms with Gasteiger partial charge in [0.15, 0.2) is 0 Å². The molecule has 27 heteroatoms. The Hall–Kier alpha value is -3.65. The van der Waals surface area contributed by atoms with E-state index in [1.54, 1.807) is 19.1 Å². The Morgan fingerprint density at radius 1 is 0.662 bits per heavy atom. The number of nitrogens with zero attached hydrogens (tertiary/aromatic N) is 2. The molecule has 0 spiro atoms. The average Bonchev–Trinajstić information content (AvgIpc) is 3.33. The van der Waals surface area contributed by atoms with Crippen LogP contribution in [-0.2, 0) is 73.5 Å². The van der Waals surface area contributed by atoms with Crippen LogP contribution in [0.4, 0.5) is 0 Å². The maximum atomic E-state index is 14.6. The highest BCUT2D eigenvalue weighted by Crippen LogP contribution is 2.40. The van der Waals surface area contributed by atoms with Crippen LogP contribution < -0.4 is 10.5 Å². The predicted molar refractivity (Wildman–Crippen MR) is 305 cm³/mol. The molecular weight excluding hydrogens is 1130 g/mol. The summed E-state index contributed by atoms with van der Waals surface area (Å²) in [5.41, 5.74) is -0.686. The van der Waals surface area contributed by atoms with Crippen molar-refractivity contribution in [1.29, 1.82) is 0 Å². The van der Waals surface area contributed by atoms with E-state index in [4.69, 9.17) is 38.6 Å². The van der Waals surface area contributed by atoms with Crippen LogP contribution in [-0.4, -0.2) is 203 Å². The van der Waals surface area contributed by atoms with E-state index in [9.17, 15) is 52.7 Å². The Bertz CT molecular complexity index is 2980. The van der Waals surface area contributed by atoms with Gasteiger partial charge in [0.1, 0.15) is 12.7 Å². The lowest BCUT2D eigenvalue weighted by Gasteiger charge is -2.29. The van der Waals surface area contributed by atoms with Crippen LogP contribution >= 0.6 is 0 Å². The number of sulfonamides is 2. The Morgan fingerprint density at radius 2 is 1.11 bits per heavy atom. The van der Waals surface area contributed by atoms with Crippen LogP contribution in [0.25, 0.3) is 33.5 Å². The van der Waals surface area contributed by atoms with E-state index in [0.29, 0.717) is 76.4 Å². The van der Waals surface area contributed by atoms with Crippen molar-refractivity contribution in [1.82, 2.24) is 13.9 Å². The molecule has 80 heavy (non-hydrogen) atoms. The van der Waals surface area contributed by atoms with E-state index in [2.05, 4.69) is 5.32 Å². The van der Waals surface area contributed by atoms with Crippen molar-refractivity contribution in [3.05, 3.63) is 47.2 Å². The molecule has 0 fully saturated rings. The Morgan fingerprint density at radius 3 is 1.57 bits per heavy atom. The van der Waals surface area contributed by atoms with Gasteiger partial charge in [-0.3, -0.25) is 9.11 Å². The van der Waals surface area contributed by atoms with E-state index < -0.39 is 110 Å². The first-order valence-electron chi connectivity index (χ1n) is 26.1. The predicted octanol–water partition coefficient (Wildman–Crippen LogP) is 4.23. The number of nitrogens with one attached hydrogen (secondary N) is 1. The summed E-state index contributed by atoms with van der Waals surface area (Å²) in [6.07, 6.45) is 3.57. The molecular formula is C53H87N3O20S4. The first kappa shape index (κ1) is 70.6. The number of carboxylic acids is 1. The Labute approximate surface area is 473 Å². The Balaban J connectivity index is 2.13. The van der Waals surface area contributed by atoms with E-state index in [1.165, 1.54) is 18.4 Å². The largest absolute Gasteiger partial charge is 0.500 e. The normalized spacial score (nSPS) is 14.9. The number of carbonyl (C=O) groups is 1. The van der Waals surface area contributed by atoms with Crippen molar-refractivity contribution in [2.45, 2.75) is 104 Å². The van der Waals surface area contributed by atoms with Gasteiger partial charge in [0, 0.05) is 99.5 Å². The topological polar surface area (TPSA) is 329 Å². The summed E-state index contributed by atoms with van der Waals surface area (Å²) < 4.78 is 161. The highest BCUT2D eigenvalue weighted by Gasteiger charge is 2.33. The van der Waals surface area contributed by atoms with Crippen molar-refractivity contribution in [2.24, 2.45) is 21.7 Å². The molecule has 2 unspecified atom stereocenters. The highest BCUT2D eigenvalue weighted by atomic mass is 32.2. The lowest BCUT2D eigenvalue weighted by atomic mass is 9.93. The molecule has 0 aromatic heterocycles. The summed E-state index contributed by atoms with van der Waals surface area (Å²) in [6, 6.07) is 7.04. The zero-order chi connectivity index (χ0) is 60.7. The van der Waals surface area contributed by atoms with E-state index in [-0.39, 0.29) is 67.3 Å². The summed E-state index contributed by atoms with van der Waals surface area (Å²) in [6.45, 7) is 19.8. The summed E-state index contributed by atoms with van der Waals surface area (Å²) in [7, 11) is -16.7. The number of allylic oxidation sites excluding steroid dienone is 1. The molecule has 0 radical (unpaired) electrons. The van der Waals surface area contributed by atoms with E-state index in [0.717, 1.165) is 20.2 Å². The van der Waals surface area contributed by atoms with Crippen molar-refractivity contribution < 1.29 is 91.3 Å². The maximum Gasteiger partial charge on any atom is 0.329 e. The maximum absolute atomic E-state index is 14.6. The van der Waals surface area contributed by atoms with Crippen LogP contribution in [0.1, 0.15) is 87.6 Å². The van der Waals surface area contributed by atoms with Gasteiger partial charge in [-0.15, -0.1) is 0 Å². The van der Waals surface area contributed by atoms with E-state index in [1.807, 2.05) is 68.4 Å². The molecule has 6 N–H and O–H groups in total. The molecule has 0 saturated heterocycles. The molecule has 458 valence electrons. The third-order valence-electron chi connectivity index (χ3n) is 12.5. The molecule has 0 bridgehead atoms. The molecule has 23 nitrogen and oxygen atoms in total. The number of benzene rings is 3. The SMILES string of the molecule is CC=C(NC(C)CCCOCC(C)(C)COCC(C)(C)COCC(=O)O)c1ccc2c(S(=O)(=O)N(C)CCS(=O)(=O)O)cc(S(=O)(=O)N(C)CCS(=O)(=O)O)c3ccc(=COCC(C)(C)COCC(C)(C)COCC(O)CO)c1c23. The highest BCUT2D eigenvalue weighted by molar-refractivity contribution is 7.90. The summed E-state index contributed by atoms with van der Waals surface area (Å²) in [5.74, 6) is -2.99. The molecule has 3 rings (SSSR count). The molecule has 3 aromatic carbocycles. The molecule has 0 aliphatic rings. The van der Waals surface area contributed by atoms with Crippen LogP contribution in [0.2, 0.25) is 0 Å². The quantitative estimate of drug-likeness (QED) is 0.0344. The van der Waals surface area contributed by atoms with Gasteiger partial charge >= 0.3 is 5.97 Å². The summed E-state index contributed by atoms with van der Waals surface area (Å²) >= 11 is 0. The van der Waals surface area contributed by atoms with Gasteiger partial charge < -0.3 is 49.1 Å². The van der Waals surface area contributed by atoms with Crippen LogP contribution in [0.5, 0.6) is 0 Å². The fraction of sp³-hybridized carbons (Fsp3) is 0.679. The molecule has 0 aliphatic heterocycles. The summed E-state index contributed by atoms with van der Waals surface area (Å²) in [5, 5.41) is 32.2. The third kappa shape index (κ3) is 22.8. The second kappa shape index (κ2) is 29.7. The number of hydrogen-bond acceptors (Lipinski definition) is 18. The zero-order valence-electron chi connectivity index (χ0n) is 48.3. The third-order valence-corrected chi connectivity index (χ3v) is 17.7. The van der Waals surface area contributed by atoms with Crippen molar-refractivity contribution in [2.75, 3.05) is 118 Å². The number of ether oxygens (including phenoxy) is 6. The summed E-state index contributed by atoms with van der Waals surface area (Å²) in [4.78, 5) is 9.77. The first-order valence-corrected chi connectivity index (χ1v) is 32.2. The lowest BCUT2D eigenvalue weighted by Crippen LogP contribution is -2.33. The van der Waals surface area contributed by atoms with Gasteiger partial charge in [-0.2, -0.15) is 25.4 Å². The minimum atomic E-state index is -4.78. The average molecular weight is 1210 g/mol. The second-order valence-corrected chi connectivity index (χ2v) is 30.6. The van der Waals surface area contributed by atoms with Crippen molar-refractivity contribution in [3.8, 4) is 0 Å². The fourth-order valence-corrected chi connectivity index (χ4v) is 12.3. The van der Waals surface area contributed by atoms with Crippen LogP contribution in [0.15, 0.2) is 46.2 Å². The second-order valence-electron chi connectivity index (χ2n) is 23.5. The van der Waals surface area contributed by atoms with Crippen molar-refractivity contribution >= 4 is 79.8 Å². The minimum Gasteiger partial charge on any atom is -0.500 e. The molecule has 0 aliphatic carbocycles. The number of aliphatic hydroxyl groups excluding tert-OH is 2. The molecule has 0 saturated carbocycles. The lowest BCUT2D eigenvalue weighted by molar-refractivity contribution is -0.144. The molecule has 3 aromatic rings. The standard InChI is InChI=1S/C53H87N3O20S4/c1-13-44(54-38(2)15-14-22-71-30-50(3,4)34-75-37-53(9,10)33-74-29-47(59)60)41-18-19-43-46(80(69,70)56(12)21-24-78(64,65)66)25-45(79(67,68)55(11)20-23-77(61,62)63)42-17-16-39(48(41)49(42)43)27-72-31-51(5,6)35-76-36-52(7,8)32-73-28-40(58)26-57/h13,16-19,25,27,38,40,54,57-58H,14-15,20-24,26,28-37H2,1-12H3,(H,59,60)(H,61,62,63)(H,64,65,66). The van der Waals surface area contributed by atoms with Crippen LogP contribution in [0.3, 0.4) is 0 Å². The fourth-order valence-electron chi connectivity index (χ4n) is 8.18. The number of carboxylic acid groups (broad SMARTS) is 1. The van der Waals surface area contributed by atoms with Crippen LogP contribution in [0, 0.1) is 21.7 Å². The molecule has 0 heterocycles. The van der Waals surface area contributed by atoms with Gasteiger partial charge in [-0.1, -0.05) is 85.7 Å². The van der Waals surface area contributed by atoms with Gasteiger partial charge in [0.05, 0.1) is 93.6 Å². The zero-order valence-corrected chi connectivity index (χ0v) is 51.6. The van der Waals surface area contributed by atoms with Gasteiger partial charge in [-0.25, -0.2) is 21.6 Å².